The molecule has 0 N–H and O–H groups in total. The summed E-state index contributed by atoms with van der Waals surface area (Å²) in [7, 11) is 0. The van der Waals surface area contributed by atoms with Crippen LogP contribution in [0.25, 0.3) is 0 Å². The maximum absolute atomic E-state index is 6.27. The van der Waals surface area contributed by atoms with Crippen LogP contribution < -0.4 is 4.74 Å². The molecule has 1 saturated carbocycles. The minimum Gasteiger partial charge on any atom is -0.494 e. The summed E-state index contributed by atoms with van der Waals surface area (Å²) < 4.78 is 5.44. The van der Waals surface area contributed by atoms with Gasteiger partial charge >= 0.3 is 0 Å². The van der Waals surface area contributed by atoms with Crippen LogP contribution in [0.15, 0.2) is 24.3 Å². The van der Waals surface area contributed by atoms with Gasteiger partial charge in [-0.15, -0.1) is 11.6 Å². The van der Waals surface area contributed by atoms with Crippen molar-refractivity contribution in [1.29, 1.82) is 0 Å². The maximum atomic E-state index is 6.27. The molecule has 3 heteroatoms. The van der Waals surface area contributed by atoms with Crippen molar-refractivity contribution in [3.63, 3.8) is 0 Å². The summed E-state index contributed by atoms with van der Waals surface area (Å²) in [5.74, 6) is 0.937. The molecule has 1 aliphatic rings. The Morgan fingerprint density at radius 3 is 2.50 bits per heavy atom. The molecule has 0 bridgehead atoms. The molecule has 0 saturated heterocycles. The quantitative estimate of drug-likeness (QED) is 0.744. The molecule has 0 radical (unpaired) electrons. The molecule has 0 aromatic heterocycles. The first kappa shape index (κ1) is 12.3. The van der Waals surface area contributed by atoms with Gasteiger partial charge in [0.05, 0.1) is 6.61 Å². The van der Waals surface area contributed by atoms with E-state index >= 15 is 0 Å². The highest BCUT2D eigenvalue weighted by atomic mass is 79.9. The average molecular weight is 304 g/mol. The number of rotatable bonds is 5. The molecule has 0 spiro atoms. The van der Waals surface area contributed by atoms with Gasteiger partial charge in [0.1, 0.15) is 5.75 Å². The van der Waals surface area contributed by atoms with Crippen LogP contribution in [0.1, 0.15) is 25.3 Å². The molecule has 0 aliphatic heterocycles. The van der Waals surface area contributed by atoms with Crippen LogP contribution in [-0.4, -0.2) is 17.3 Å². The molecule has 1 aliphatic carbocycles. The molecule has 1 aromatic rings. The van der Waals surface area contributed by atoms with Crippen molar-refractivity contribution < 1.29 is 4.74 Å². The van der Waals surface area contributed by atoms with Gasteiger partial charge in [-0.3, -0.25) is 0 Å². The monoisotopic (exact) mass is 302 g/mol. The van der Waals surface area contributed by atoms with Crippen molar-refractivity contribution in [2.24, 2.45) is 0 Å². The number of hydrogen-bond donors (Lipinski definition) is 0. The molecule has 88 valence electrons. The van der Waals surface area contributed by atoms with E-state index in [1.807, 2.05) is 19.1 Å². The number of alkyl halides is 2. The Labute approximate surface area is 110 Å². The summed E-state index contributed by atoms with van der Waals surface area (Å²) in [5, 5.41) is 1.30. The molecular formula is C13H16BrClO. The van der Waals surface area contributed by atoms with E-state index in [1.165, 1.54) is 5.56 Å². The minimum absolute atomic E-state index is 0.204. The Morgan fingerprint density at radius 2 is 2.06 bits per heavy atom. The van der Waals surface area contributed by atoms with Crippen LogP contribution in [0.2, 0.25) is 0 Å². The van der Waals surface area contributed by atoms with E-state index in [0.29, 0.717) is 12.0 Å². The fourth-order valence-corrected chi connectivity index (χ4v) is 3.40. The third-order valence-corrected chi connectivity index (χ3v) is 4.23. The zero-order chi connectivity index (χ0) is 11.6. The van der Waals surface area contributed by atoms with E-state index in [1.54, 1.807) is 0 Å². The van der Waals surface area contributed by atoms with E-state index in [9.17, 15) is 0 Å². The Hall–Kier alpha value is -0.210. The SMILES string of the molecule is CCOc1ccc(C2(CCBr)CC2Cl)cc1. The van der Waals surface area contributed by atoms with Crippen molar-refractivity contribution in [3.05, 3.63) is 29.8 Å². The second-order valence-corrected chi connectivity index (χ2v) is 5.54. The fraction of sp³-hybridized carbons (Fsp3) is 0.538. The minimum atomic E-state index is 0.204. The van der Waals surface area contributed by atoms with Crippen molar-refractivity contribution >= 4 is 27.5 Å². The van der Waals surface area contributed by atoms with Gasteiger partial charge in [0, 0.05) is 16.1 Å². The zero-order valence-corrected chi connectivity index (χ0v) is 11.7. The molecule has 1 nitrogen and oxygen atoms in total. The first-order valence-electron chi connectivity index (χ1n) is 5.66. The van der Waals surface area contributed by atoms with E-state index in [0.717, 1.165) is 23.9 Å². The standard InChI is InChI=1S/C13H16BrClO/c1-2-16-11-5-3-10(4-6-11)13(7-8-14)9-12(13)15/h3-6,12H,2,7-9H2,1H3. The summed E-state index contributed by atoms with van der Waals surface area (Å²) in [6.45, 7) is 2.71. The van der Waals surface area contributed by atoms with Gasteiger partial charge in [-0.1, -0.05) is 28.1 Å². The van der Waals surface area contributed by atoms with Gasteiger partial charge < -0.3 is 4.74 Å². The van der Waals surface area contributed by atoms with E-state index in [-0.39, 0.29) is 5.41 Å². The second-order valence-electron chi connectivity index (χ2n) is 4.22. The van der Waals surface area contributed by atoms with Crippen LogP contribution in [0, 0.1) is 0 Å². The third kappa shape index (κ3) is 2.23. The summed E-state index contributed by atoms with van der Waals surface area (Å²) in [6.07, 6.45) is 2.20. The van der Waals surface area contributed by atoms with Crippen LogP contribution in [0.5, 0.6) is 5.75 Å². The van der Waals surface area contributed by atoms with Crippen LogP contribution >= 0.6 is 27.5 Å². The van der Waals surface area contributed by atoms with Crippen molar-refractivity contribution in [2.45, 2.75) is 30.6 Å². The number of halogens is 2. The molecule has 0 amide bonds. The number of ether oxygens (including phenoxy) is 1. The van der Waals surface area contributed by atoms with Crippen molar-refractivity contribution in [2.75, 3.05) is 11.9 Å². The zero-order valence-electron chi connectivity index (χ0n) is 9.38. The van der Waals surface area contributed by atoms with E-state index in [2.05, 4.69) is 28.1 Å². The van der Waals surface area contributed by atoms with E-state index < -0.39 is 0 Å². The molecule has 2 unspecified atom stereocenters. The van der Waals surface area contributed by atoms with Crippen molar-refractivity contribution in [1.82, 2.24) is 0 Å². The first-order valence-corrected chi connectivity index (χ1v) is 7.22. The van der Waals surface area contributed by atoms with Gasteiger partial charge in [-0.25, -0.2) is 0 Å². The number of hydrogen-bond acceptors (Lipinski definition) is 1. The van der Waals surface area contributed by atoms with Gasteiger partial charge in [0.2, 0.25) is 0 Å². The Balaban J connectivity index is 2.14. The number of benzene rings is 1. The lowest BCUT2D eigenvalue weighted by Gasteiger charge is -2.15. The molecule has 0 heterocycles. The molecule has 1 aromatic carbocycles. The molecular weight excluding hydrogens is 287 g/mol. The van der Waals surface area contributed by atoms with Gasteiger partial charge in [-0.2, -0.15) is 0 Å². The fourth-order valence-electron chi connectivity index (χ4n) is 2.18. The maximum Gasteiger partial charge on any atom is 0.119 e. The topological polar surface area (TPSA) is 9.23 Å². The summed E-state index contributed by atoms with van der Waals surface area (Å²) in [4.78, 5) is 0. The largest absolute Gasteiger partial charge is 0.494 e. The highest BCUT2D eigenvalue weighted by Crippen LogP contribution is 2.55. The highest BCUT2D eigenvalue weighted by Gasteiger charge is 2.53. The predicted octanol–water partition coefficient (Wildman–Crippen LogP) is 4.12. The lowest BCUT2D eigenvalue weighted by Crippen LogP contribution is -2.11. The molecule has 16 heavy (non-hydrogen) atoms. The van der Waals surface area contributed by atoms with Crippen LogP contribution in [0.4, 0.5) is 0 Å². The molecule has 1 fully saturated rings. The van der Waals surface area contributed by atoms with Gasteiger partial charge in [0.25, 0.3) is 0 Å². The summed E-state index contributed by atoms with van der Waals surface area (Å²) >= 11 is 9.78. The van der Waals surface area contributed by atoms with Gasteiger partial charge in [0.15, 0.2) is 0 Å². The summed E-state index contributed by atoms with van der Waals surface area (Å²) in [5.41, 5.74) is 1.55. The lowest BCUT2D eigenvalue weighted by atomic mass is 9.93. The van der Waals surface area contributed by atoms with Gasteiger partial charge in [-0.05, 0) is 37.5 Å². The Kier molecular flexibility index (Phi) is 3.81. The predicted molar refractivity (Wildman–Crippen MR) is 72.0 cm³/mol. The Morgan fingerprint density at radius 1 is 1.44 bits per heavy atom. The average Bonchev–Trinajstić information content (AvgIpc) is 2.92. The van der Waals surface area contributed by atoms with Crippen LogP contribution in [0.3, 0.4) is 0 Å². The lowest BCUT2D eigenvalue weighted by molar-refractivity contribution is 0.340. The second kappa shape index (κ2) is 4.97. The van der Waals surface area contributed by atoms with E-state index in [4.69, 9.17) is 16.3 Å². The molecule has 2 rings (SSSR count). The van der Waals surface area contributed by atoms with Crippen LogP contribution in [-0.2, 0) is 5.41 Å². The normalized spacial score (nSPS) is 27.8. The molecule has 2 atom stereocenters. The third-order valence-electron chi connectivity index (χ3n) is 3.26. The highest BCUT2D eigenvalue weighted by molar-refractivity contribution is 9.09. The first-order chi connectivity index (χ1) is 7.73. The Bertz CT molecular complexity index is 351. The summed E-state index contributed by atoms with van der Waals surface area (Å²) in [6, 6.07) is 8.37. The smallest absolute Gasteiger partial charge is 0.119 e. The van der Waals surface area contributed by atoms with Crippen molar-refractivity contribution in [3.8, 4) is 5.75 Å².